The number of hydrogen-bond acceptors (Lipinski definition) is 3. The summed E-state index contributed by atoms with van der Waals surface area (Å²) >= 11 is 12.4. The average Bonchev–Trinajstić information content (AvgIpc) is 2.47. The van der Waals surface area contributed by atoms with E-state index in [1.165, 1.54) is 0 Å². The number of primary amides is 1. The van der Waals surface area contributed by atoms with Crippen molar-refractivity contribution in [2.75, 3.05) is 0 Å². The number of nitrogens with two attached hydrogens (primary N) is 1. The molecule has 8 heteroatoms. The van der Waals surface area contributed by atoms with Crippen molar-refractivity contribution in [1.82, 2.24) is 10.3 Å². The van der Waals surface area contributed by atoms with E-state index in [0.29, 0.717) is 10.7 Å². The molecular formula is C15H12Br2ClN3O2. The van der Waals surface area contributed by atoms with Crippen molar-refractivity contribution in [1.29, 1.82) is 0 Å². The second kappa shape index (κ2) is 7.90. The van der Waals surface area contributed by atoms with Crippen LogP contribution in [0.15, 0.2) is 45.5 Å². The number of rotatable bonds is 5. The molecule has 0 bridgehead atoms. The summed E-state index contributed by atoms with van der Waals surface area (Å²) in [5.41, 5.74) is 6.54. The van der Waals surface area contributed by atoms with E-state index in [-0.39, 0.29) is 6.42 Å². The van der Waals surface area contributed by atoms with E-state index in [9.17, 15) is 9.59 Å². The Labute approximate surface area is 154 Å². The Kier molecular flexibility index (Phi) is 6.15. The van der Waals surface area contributed by atoms with Gasteiger partial charge in [0.1, 0.15) is 11.2 Å². The van der Waals surface area contributed by atoms with Crippen LogP contribution >= 0.6 is 43.5 Å². The standard InChI is InChI=1S/C15H12Br2ClN3O2/c16-10-4-9(5-11(17)6-10)15(23)21-12(14(19)22)3-8-1-2-13(18)20-7-8/h1-2,4-7,12H,3H2,(H2,19,22)(H,21,23)/t12-/m0/s1. The number of nitrogens with zero attached hydrogens (tertiary/aromatic N) is 1. The predicted molar refractivity (Wildman–Crippen MR) is 95.2 cm³/mol. The Hall–Kier alpha value is -1.44. The summed E-state index contributed by atoms with van der Waals surface area (Å²) < 4.78 is 1.49. The van der Waals surface area contributed by atoms with Crippen LogP contribution in [0.3, 0.4) is 0 Å². The van der Waals surface area contributed by atoms with Gasteiger partial charge in [-0.05, 0) is 29.8 Å². The minimum atomic E-state index is -0.844. The maximum atomic E-state index is 12.3. The molecule has 1 atom stereocenters. The minimum absolute atomic E-state index is 0.237. The van der Waals surface area contributed by atoms with Crippen molar-refractivity contribution in [3.8, 4) is 0 Å². The minimum Gasteiger partial charge on any atom is -0.368 e. The van der Waals surface area contributed by atoms with Gasteiger partial charge in [-0.15, -0.1) is 0 Å². The molecule has 2 rings (SSSR count). The smallest absolute Gasteiger partial charge is 0.252 e. The highest BCUT2D eigenvalue weighted by atomic mass is 79.9. The molecule has 1 heterocycles. The van der Waals surface area contributed by atoms with E-state index in [2.05, 4.69) is 42.2 Å². The fourth-order valence-corrected chi connectivity index (χ4v) is 3.32. The molecule has 3 N–H and O–H groups in total. The summed E-state index contributed by atoms with van der Waals surface area (Å²) in [6.45, 7) is 0. The summed E-state index contributed by atoms with van der Waals surface area (Å²) in [5.74, 6) is -1.01. The van der Waals surface area contributed by atoms with Crippen molar-refractivity contribution >= 4 is 55.3 Å². The Morgan fingerprint density at radius 3 is 2.39 bits per heavy atom. The molecule has 0 spiro atoms. The molecule has 23 heavy (non-hydrogen) atoms. The highest BCUT2D eigenvalue weighted by Gasteiger charge is 2.20. The Morgan fingerprint density at radius 2 is 1.87 bits per heavy atom. The molecule has 0 saturated carbocycles. The van der Waals surface area contributed by atoms with Crippen LogP contribution in [0.4, 0.5) is 0 Å². The van der Waals surface area contributed by atoms with Crippen molar-refractivity contribution in [2.24, 2.45) is 5.73 Å². The molecule has 1 aromatic carbocycles. The SMILES string of the molecule is NC(=O)[C@H](Cc1ccc(Cl)nc1)NC(=O)c1cc(Br)cc(Br)c1. The lowest BCUT2D eigenvalue weighted by Gasteiger charge is -2.16. The van der Waals surface area contributed by atoms with E-state index in [0.717, 1.165) is 14.5 Å². The molecule has 0 aliphatic carbocycles. The summed E-state index contributed by atoms with van der Waals surface area (Å²) in [6.07, 6.45) is 1.78. The molecule has 0 fully saturated rings. The zero-order chi connectivity index (χ0) is 17.0. The molecule has 0 radical (unpaired) electrons. The van der Waals surface area contributed by atoms with E-state index in [1.807, 2.05) is 6.07 Å². The molecule has 5 nitrogen and oxygen atoms in total. The van der Waals surface area contributed by atoms with Crippen molar-refractivity contribution in [2.45, 2.75) is 12.5 Å². The lowest BCUT2D eigenvalue weighted by Crippen LogP contribution is -2.45. The lowest BCUT2D eigenvalue weighted by atomic mass is 10.1. The zero-order valence-corrected chi connectivity index (χ0v) is 15.7. The average molecular weight is 462 g/mol. The van der Waals surface area contributed by atoms with Gasteiger partial charge in [0.25, 0.3) is 5.91 Å². The predicted octanol–water partition coefficient (Wildman–Crippen LogP) is 3.09. The largest absolute Gasteiger partial charge is 0.368 e. The third-order valence-electron chi connectivity index (χ3n) is 3.00. The number of benzene rings is 1. The van der Waals surface area contributed by atoms with Gasteiger partial charge in [0.15, 0.2) is 0 Å². The fourth-order valence-electron chi connectivity index (χ4n) is 1.91. The summed E-state index contributed by atoms with van der Waals surface area (Å²) in [6, 6.07) is 7.62. The van der Waals surface area contributed by atoms with Gasteiger partial charge in [-0.25, -0.2) is 4.98 Å². The number of amides is 2. The number of hydrogen-bond donors (Lipinski definition) is 2. The molecule has 0 aliphatic heterocycles. The summed E-state index contributed by atoms with van der Waals surface area (Å²) in [5, 5.41) is 2.99. The second-order valence-electron chi connectivity index (χ2n) is 4.78. The number of nitrogens with one attached hydrogen (secondary N) is 1. The van der Waals surface area contributed by atoms with Gasteiger partial charge in [-0.2, -0.15) is 0 Å². The topological polar surface area (TPSA) is 85.1 Å². The molecule has 120 valence electrons. The number of carbonyl (C=O) groups excluding carboxylic acids is 2. The highest BCUT2D eigenvalue weighted by molar-refractivity contribution is 9.11. The first-order valence-electron chi connectivity index (χ1n) is 6.52. The van der Waals surface area contributed by atoms with Crippen LogP contribution in [0, 0.1) is 0 Å². The van der Waals surface area contributed by atoms with Gasteiger partial charge in [0.05, 0.1) is 0 Å². The number of aromatic nitrogens is 1. The van der Waals surface area contributed by atoms with Crippen LogP contribution in [0.5, 0.6) is 0 Å². The van der Waals surface area contributed by atoms with Crippen LogP contribution < -0.4 is 11.1 Å². The third kappa shape index (κ3) is 5.30. The van der Waals surface area contributed by atoms with Gasteiger partial charge < -0.3 is 11.1 Å². The maximum absolute atomic E-state index is 12.3. The Balaban J connectivity index is 2.14. The first-order chi connectivity index (χ1) is 10.8. The van der Waals surface area contributed by atoms with Gasteiger partial charge in [-0.3, -0.25) is 9.59 Å². The van der Waals surface area contributed by atoms with Crippen LogP contribution in [-0.4, -0.2) is 22.8 Å². The van der Waals surface area contributed by atoms with Crippen LogP contribution in [0.25, 0.3) is 0 Å². The van der Waals surface area contributed by atoms with Crippen LogP contribution in [-0.2, 0) is 11.2 Å². The number of pyridine rings is 1. The molecule has 0 unspecified atom stereocenters. The van der Waals surface area contributed by atoms with Crippen LogP contribution in [0.1, 0.15) is 15.9 Å². The van der Waals surface area contributed by atoms with Crippen LogP contribution in [0.2, 0.25) is 5.15 Å². The molecule has 0 aliphatic rings. The first-order valence-corrected chi connectivity index (χ1v) is 8.48. The van der Waals surface area contributed by atoms with E-state index >= 15 is 0 Å². The van der Waals surface area contributed by atoms with Crippen molar-refractivity contribution in [3.05, 3.63) is 61.8 Å². The highest BCUT2D eigenvalue weighted by Crippen LogP contribution is 2.20. The maximum Gasteiger partial charge on any atom is 0.252 e. The molecular weight excluding hydrogens is 449 g/mol. The normalized spacial score (nSPS) is 11.8. The monoisotopic (exact) mass is 459 g/mol. The fraction of sp³-hybridized carbons (Fsp3) is 0.133. The van der Waals surface area contributed by atoms with Gasteiger partial charge in [0, 0.05) is 27.1 Å². The summed E-state index contributed by atoms with van der Waals surface area (Å²) in [4.78, 5) is 27.9. The van der Waals surface area contributed by atoms with Crippen molar-refractivity contribution in [3.63, 3.8) is 0 Å². The van der Waals surface area contributed by atoms with E-state index in [1.54, 1.807) is 30.5 Å². The molecule has 2 amide bonds. The zero-order valence-electron chi connectivity index (χ0n) is 11.7. The van der Waals surface area contributed by atoms with Gasteiger partial charge >= 0.3 is 0 Å². The Morgan fingerprint density at radius 1 is 1.22 bits per heavy atom. The summed E-state index contributed by atoms with van der Waals surface area (Å²) in [7, 11) is 0. The quantitative estimate of drug-likeness (QED) is 0.671. The number of halogens is 3. The van der Waals surface area contributed by atoms with E-state index in [4.69, 9.17) is 17.3 Å². The second-order valence-corrected chi connectivity index (χ2v) is 7.00. The first kappa shape index (κ1) is 17.9. The van der Waals surface area contributed by atoms with Gasteiger partial charge in [-0.1, -0.05) is 49.5 Å². The van der Waals surface area contributed by atoms with Crippen molar-refractivity contribution < 1.29 is 9.59 Å². The lowest BCUT2D eigenvalue weighted by molar-refractivity contribution is -0.119. The molecule has 2 aromatic rings. The molecule has 1 aromatic heterocycles. The Bertz CT molecular complexity index is 718. The van der Waals surface area contributed by atoms with E-state index < -0.39 is 17.9 Å². The molecule has 0 saturated heterocycles. The third-order valence-corrected chi connectivity index (χ3v) is 4.14. The number of carbonyl (C=O) groups is 2. The van der Waals surface area contributed by atoms with Gasteiger partial charge in [0.2, 0.25) is 5.91 Å².